The van der Waals surface area contributed by atoms with E-state index in [0.717, 1.165) is 0 Å². The van der Waals surface area contributed by atoms with Gasteiger partial charge in [-0.15, -0.1) is 9.87 Å². The van der Waals surface area contributed by atoms with E-state index >= 15 is 0 Å². The Kier molecular flexibility index (Phi) is 2.35. The normalized spacial score (nSPS) is 27.8. The van der Waals surface area contributed by atoms with Gasteiger partial charge in [0.2, 0.25) is 10.9 Å². The standard InChI is InChI=1S/C3H6N4O4S/c8-3(5-12(10)11)7(9)2-1-4-6-7/h12H,1-2H2,(H,5,8,10,11). The van der Waals surface area contributed by atoms with Crippen LogP contribution >= 0.6 is 0 Å². The van der Waals surface area contributed by atoms with Crippen LogP contribution in [0.2, 0.25) is 0 Å². The zero-order valence-corrected chi connectivity index (χ0v) is 6.73. The smallest absolute Gasteiger partial charge is 0.458 e. The molecule has 0 radical (unpaired) electrons. The Labute approximate surface area is 69.1 Å². The highest BCUT2D eigenvalue weighted by molar-refractivity contribution is 7.70. The molecule has 0 aromatic carbocycles. The lowest BCUT2D eigenvalue weighted by molar-refractivity contribution is -0.799. The number of urea groups is 1. The first-order valence-electron chi connectivity index (χ1n) is 2.98. The summed E-state index contributed by atoms with van der Waals surface area (Å²) in [6.45, 7) is -0.0262. The van der Waals surface area contributed by atoms with E-state index in [1.807, 2.05) is 0 Å². The number of carbonyl (C=O) groups is 1. The van der Waals surface area contributed by atoms with Gasteiger partial charge in [0, 0.05) is 5.22 Å². The predicted molar refractivity (Wildman–Crippen MR) is 37.1 cm³/mol. The van der Waals surface area contributed by atoms with Crippen molar-refractivity contribution in [2.24, 2.45) is 10.3 Å². The number of amides is 2. The van der Waals surface area contributed by atoms with Crippen LogP contribution < -0.4 is 4.72 Å². The van der Waals surface area contributed by atoms with E-state index in [1.54, 1.807) is 0 Å². The summed E-state index contributed by atoms with van der Waals surface area (Å²) in [6, 6.07) is -1.23. The van der Waals surface area contributed by atoms with Gasteiger partial charge in [0.1, 0.15) is 13.1 Å². The molecule has 1 atom stereocenters. The van der Waals surface area contributed by atoms with E-state index in [4.69, 9.17) is 0 Å². The Bertz CT molecular complexity index is 291. The second kappa shape index (κ2) is 3.13. The van der Waals surface area contributed by atoms with Gasteiger partial charge in [0.25, 0.3) is 0 Å². The summed E-state index contributed by atoms with van der Waals surface area (Å²) >= 11 is 0. The minimum Gasteiger partial charge on any atom is -0.594 e. The van der Waals surface area contributed by atoms with Gasteiger partial charge in [0.05, 0.1) is 0 Å². The summed E-state index contributed by atoms with van der Waals surface area (Å²) < 4.78 is 19.8. The van der Waals surface area contributed by atoms with Crippen LogP contribution in [0.15, 0.2) is 10.3 Å². The van der Waals surface area contributed by atoms with Crippen LogP contribution in [0.1, 0.15) is 0 Å². The predicted octanol–water partition coefficient (Wildman–Crippen LogP) is -1.08. The number of carbonyl (C=O) groups excluding carboxylic acids is 1. The van der Waals surface area contributed by atoms with E-state index < -0.39 is 21.7 Å². The largest absolute Gasteiger partial charge is 0.594 e. The van der Waals surface area contributed by atoms with Gasteiger partial charge in [-0.25, -0.2) is 17.9 Å². The molecule has 2 amide bonds. The van der Waals surface area contributed by atoms with Gasteiger partial charge >= 0.3 is 6.03 Å². The van der Waals surface area contributed by atoms with Crippen LogP contribution in [0, 0.1) is 5.21 Å². The highest BCUT2D eigenvalue weighted by Crippen LogP contribution is 2.12. The number of hydroxylamine groups is 2. The van der Waals surface area contributed by atoms with Crippen molar-refractivity contribution >= 4 is 16.9 Å². The molecule has 1 rings (SSSR count). The molecule has 1 N–H and O–H groups in total. The van der Waals surface area contributed by atoms with Crippen LogP contribution in [-0.2, 0) is 10.9 Å². The van der Waals surface area contributed by atoms with Crippen molar-refractivity contribution in [1.82, 2.24) is 4.72 Å². The third kappa shape index (κ3) is 1.75. The molecule has 0 saturated heterocycles. The summed E-state index contributed by atoms with van der Waals surface area (Å²) in [5, 5.41) is 17.5. The fourth-order valence-electron chi connectivity index (χ4n) is 0.670. The average molecular weight is 194 g/mol. The molecule has 8 nitrogen and oxygen atoms in total. The fraction of sp³-hybridized carbons (Fsp3) is 0.667. The van der Waals surface area contributed by atoms with Crippen molar-refractivity contribution in [3.8, 4) is 0 Å². The summed E-state index contributed by atoms with van der Waals surface area (Å²) in [7, 11) is -3.10. The lowest BCUT2D eigenvalue weighted by Crippen LogP contribution is -2.47. The number of hydrogen-bond donors (Lipinski definition) is 2. The first kappa shape index (κ1) is 9.03. The molecule has 0 fully saturated rings. The van der Waals surface area contributed by atoms with E-state index in [2.05, 4.69) is 10.3 Å². The zero-order valence-electron chi connectivity index (χ0n) is 5.84. The molecule has 0 saturated carbocycles. The van der Waals surface area contributed by atoms with E-state index in [1.165, 1.54) is 4.72 Å². The molecule has 1 aliphatic rings. The van der Waals surface area contributed by atoms with Gasteiger partial charge in [-0.2, -0.15) is 0 Å². The molecule has 0 aliphatic carbocycles. The molecule has 0 aromatic heterocycles. The average Bonchev–Trinajstić information content (AvgIpc) is 2.36. The summed E-state index contributed by atoms with van der Waals surface area (Å²) in [4.78, 5) is 10.8. The monoisotopic (exact) mass is 194 g/mol. The third-order valence-electron chi connectivity index (χ3n) is 1.22. The number of nitrogens with zero attached hydrogens (tertiary/aromatic N) is 3. The van der Waals surface area contributed by atoms with Crippen LogP contribution in [0.5, 0.6) is 0 Å². The van der Waals surface area contributed by atoms with E-state index in [0.29, 0.717) is 0 Å². The highest BCUT2D eigenvalue weighted by Gasteiger charge is 2.32. The van der Waals surface area contributed by atoms with Gasteiger partial charge in [-0.3, -0.25) is 0 Å². The van der Waals surface area contributed by atoms with Gasteiger partial charge in [-0.1, -0.05) is 0 Å². The van der Waals surface area contributed by atoms with Gasteiger partial charge in [0.15, 0.2) is 0 Å². The molecule has 0 spiro atoms. The van der Waals surface area contributed by atoms with Crippen LogP contribution in [-0.4, -0.2) is 32.3 Å². The first-order chi connectivity index (χ1) is 5.54. The maximum Gasteiger partial charge on any atom is 0.458 e. The van der Waals surface area contributed by atoms with Crippen molar-refractivity contribution in [1.29, 1.82) is 0 Å². The second-order valence-electron chi connectivity index (χ2n) is 2.05. The third-order valence-corrected chi connectivity index (χ3v) is 1.59. The quantitative estimate of drug-likeness (QED) is 0.314. The molecule has 0 bridgehead atoms. The maximum absolute atomic E-state index is 11.1. The number of hydrogen-bond acceptors (Lipinski definition) is 6. The fourth-order valence-corrected chi connectivity index (χ4v) is 0.983. The minimum absolute atomic E-state index is 0.132. The summed E-state index contributed by atoms with van der Waals surface area (Å²) in [5.41, 5.74) is 0. The van der Waals surface area contributed by atoms with E-state index in [-0.39, 0.29) is 13.1 Å². The van der Waals surface area contributed by atoms with E-state index in [9.17, 15) is 18.4 Å². The first-order valence-corrected chi connectivity index (χ1v) is 4.16. The van der Waals surface area contributed by atoms with Crippen LogP contribution in [0.25, 0.3) is 0 Å². The Hall–Kier alpha value is -1.06. The van der Waals surface area contributed by atoms with Crippen molar-refractivity contribution < 1.29 is 18.0 Å². The molecule has 1 aliphatic heterocycles. The Morgan fingerprint density at radius 1 is 1.58 bits per heavy atom. The zero-order chi connectivity index (χ0) is 9.19. The number of nitrogens with one attached hydrogen (secondary N) is 1. The summed E-state index contributed by atoms with van der Waals surface area (Å²) in [6.07, 6.45) is 0. The second-order valence-corrected chi connectivity index (χ2v) is 2.79. The maximum atomic E-state index is 11.1. The van der Waals surface area contributed by atoms with Gasteiger partial charge in [-0.05, 0) is 0 Å². The Morgan fingerprint density at radius 3 is 2.67 bits per heavy atom. The minimum atomic E-state index is -3.10. The molecule has 9 heteroatoms. The number of thiol groups is 1. The molecule has 1 unspecified atom stereocenters. The topological polar surface area (TPSA) is 111 Å². The lowest BCUT2D eigenvalue weighted by atomic mass is 10.6. The molecule has 12 heavy (non-hydrogen) atoms. The van der Waals surface area contributed by atoms with Crippen molar-refractivity contribution in [2.45, 2.75) is 0 Å². The summed E-state index contributed by atoms with van der Waals surface area (Å²) in [5.74, 6) is 0. The van der Waals surface area contributed by atoms with Crippen LogP contribution in [0.4, 0.5) is 4.79 Å². The van der Waals surface area contributed by atoms with Crippen molar-refractivity contribution in [3.05, 3.63) is 5.21 Å². The molecular formula is C3H6N4O4S. The lowest BCUT2D eigenvalue weighted by Gasteiger charge is -2.24. The molecular weight excluding hydrogens is 188 g/mol. The Morgan fingerprint density at radius 2 is 2.25 bits per heavy atom. The number of quaternary nitrogens is 1. The van der Waals surface area contributed by atoms with Gasteiger partial charge < -0.3 is 5.21 Å². The highest BCUT2D eigenvalue weighted by atomic mass is 32.2. The molecule has 0 aromatic rings. The Balaban J connectivity index is 2.69. The van der Waals surface area contributed by atoms with Crippen molar-refractivity contribution in [3.63, 3.8) is 0 Å². The van der Waals surface area contributed by atoms with Crippen LogP contribution in [0.3, 0.4) is 0 Å². The molecule has 68 valence electrons. The molecule has 1 heterocycles. The SMILES string of the molecule is O=C(N[SH](=O)=O)[N+]1([O-])CCN=N1. The number of rotatable bonds is 1. The van der Waals surface area contributed by atoms with Crippen molar-refractivity contribution in [2.75, 3.05) is 13.1 Å².